The van der Waals surface area contributed by atoms with Crippen LogP contribution in [0, 0.1) is 0 Å². The molecule has 0 saturated heterocycles. The Balaban J connectivity index is 2.43. The van der Waals surface area contributed by atoms with E-state index >= 15 is 0 Å². The minimum absolute atomic E-state index is 0.0196. The largest absolute Gasteiger partial charge is 0.504 e. The van der Waals surface area contributed by atoms with E-state index in [0.29, 0.717) is 0 Å². The van der Waals surface area contributed by atoms with Gasteiger partial charge in [0, 0.05) is 0 Å². The molecule has 1 amide bonds. The molecule has 0 spiro atoms. The second-order valence-corrected chi connectivity index (χ2v) is 3.04. The fourth-order valence-corrected chi connectivity index (χ4v) is 0.905. The number of rotatable bonds is 4. The van der Waals surface area contributed by atoms with Gasteiger partial charge in [0.25, 0.3) is 5.91 Å². The predicted molar refractivity (Wildman–Crippen MR) is 59.0 cm³/mol. The van der Waals surface area contributed by atoms with Crippen LogP contribution in [0.3, 0.4) is 0 Å². The molecule has 0 radical (unpaired) electrons. The molecule has 1 aromatic carbocycles. The summed E-state index contributed by atoms with van der Waals surface area (Å²) in [5, 5.41) is 12.8. The maximum absolute atomic E-state index is 11.2. The molecule has 6 heteroatoms. The number of amides is 1. The molecule has 16 heavy (non-hydrogen) atoms. The van der Waals surface area contributed by atoms with Crippen molar-refractivity contribution in [2.45, 2.75) is 6.92 Å². The topological polar surface area (TPSA) is 96.9 Å². The van der Waals surface area contributed by atoms with Gasteiger partial charge < -0.3 is 15.6 Å². The standard InChI is InChI=1S/C10H13N3O3/c1-7(11)12-13-10(15)6-16-9-5-3-2-4-8(9)14/h2-5,14H,6H2,1H3,(H2,11,12)(H,13,15). The molecule has 6 nitrogen and oxygen atoms in total. The van der Waals surface area contributed by atoms with Gasteiger partial charge in [-0.05, 0) is 19.1 Å². The summed E-state index contributed by atoms with van der Waals surface area (Å²) in [7, 11) is 0. The summed E-state index contributed by atoms with van der Waals surface area (Å²) >= 11 is 0. The lowest BCUT2D eigenvalue weighted by atomic mass is 10.3. The van der Waals surface area contributed by atoms with E-state index in [4.69, 9.17) is 10.5 Å². The zero-order valence-electron chi connectivity index (χ0n) is 8.80. The SMILES string of the molecule is CC(N)=NNC(=O)COc1ccccc1O. The maximum Gasteiger partial charge on any atom is 0.278 e. The summed E-state index contributed by atoms with van der Waals surface area (Å²) in [6.45, 7) is 1.30. The van der Waals surface area contributed by atoms with Crippen molar-refractivity contribution < 1.29 is 14.6 Å². The van der Waals surface area contributed by atoms with Gasteiger partial charge >= 0.3 is 0 Å². The number of ether oxygens (including phenoxy) is 1. The Morgan fingerprint density at radius 3 is 2.88 bits per heavy atom. The second-order valence-electron chi connectivity index (χ2n) is 3.04. The lowest BCUT2D eigenvalue weighted by Crippen LogP contribution is -2.26. The van der Waals surface area contributed by atoms with Gasteiger partial charge in [-0.2, -0.15) is 5.10 Å². The highest BCUT2D eigenvalue weighted by Crippen LogP contribution is 2.23. The monoisotopic (exact) mass is 223 g/mol. The number of carbonyl (C=O) groups is 1. The van der Waals surface area contributed by atoms with Crippen LogP contribution in [-0.2, 0) is 4.79 Å². The maximum atomic E-state index is 11.2. The van der Waals surface area contributed by atoms with E-state index < -0.39 is 5.91 Å². The number of nitrogens with two attached hydrogens (primary N) is 1. The highest BCUT2D eigenvalue weighted by atomic mass is 16.5. The lowest BCUT2D eigenvalue weighted by Gasteiger charge is -2.06. The molecule has 1 rings (SSSR count). The predicted octanol–water partition coefficient (Wildman–Crippen LogP) is 0.179. The minimum Gasteiger partial charge on any atom is -0.504 e. The van der Waals surface area contributed by atoms with E-state index in [-0.39, 0.29) is 23.9 Å². The van der Waals surface area contributed by atoms with Gasteiger partial charge in [-0.15, -0.1) is 0 Å². The van der Waals surface area contributed by atoms with Gasteiger partial charge in [0.1, 0.15) is 5.84 Å². The molecule has 0 atom stereocenters. The van der Waals surface area contributed by atoms with Crippen LogP contribution < -0.4 is 15.9 Å². The van der Waals surface area contributed by atoms with E-state index in [0.717, 1.165) is 0 Å². The first-order chi connectivity index (χ1) is 7.59. The third-order valence-corrected chi connectivity index (χ3v) is 1.58. The van der Waals surface area contributed by atoms with E-state index in [1.165, 1.54) is 6.07 Å². The van der Waals surface area contributed by atoms with Crippen molar-refractivity contribution in [2.24, 2.45) is 10.8 Å². The van der Waals surface area contributed by atoms with E-state index in [2.05, 4.69) is 10.5 Å². The van der Waals surface area contributed by atoms with Gasteiger partial charge in [-0.25, -0.2) is 5.43 Å². The fourth-order valence-electron chi connectivity index (χ4n) is 0.905. The first-order valence-corrected chi connectivity index (χ1v) is 4.59. The van der Waals surface area contributed by atoms with Gasteiger partial charge in [0.05, 0.1) is 0 Å². The quantitative estimate of drug-likeness (QED) is 0.385. The molecule has 0 saturated carbocycles. The van der Waals surface area contributed by atoms with Crippen LogP contribution in [0.1, 0.15) is 6.92 Å². The summed E-state index contributed by atoms with van der Waals surface area (Å²) in [6.07, 6.45) is 0. The summed E-state index contributed by atoms with van der Waals surface area (Å²) in [5.41, 5.74) is 7.42. The third kappa shape index (κ3) is 3.87. The molecular weight excluding hydrogens is 210 g/mol. The number of benzene rings is 1. The van der Waals surface area contributed by atoms with E-state index in [9.17, 15) is 9.90 Å². The fraction of sp³-hybridized carbons (Fsp3) is 0.200. The van der Waals surface area contributed by atoms with Crippen LogP contribution in [0.25, 0.3) is 0 Å². The Hall–Kier alpha value is -2.24. The molecule has 1 aromatic rings. The molecule has 0 aromatic heterocycles. The van der Waals surface area contributed by atoms with Crippen LogP contribution >= 0.6 is 0 Å². The smallest absolute Gasteiger partial charge is 0.278 e. The van der Waals surface area contributed by atoms with Crippen molar-refractivity contribution in [3.8, 4) is 11.5 Å². The van der Waals surface area contributed by atoms with Crippen molar-refractivity contribution in [3.63, 3.8) is 0 Å². The molecule has 0 aliphatic carbocycles. The number of hydrazone groups is 1. The summed E-state index contributed by atoms with van der Waals surface area (Å²) < 4.78 is 5.06. The average Bonchev–Trinajstić information content (AvgIpc) is 2.25. The first-order valence-electron chi connectivity index (χ1n) is 4.59. The number of aromatic hydroxyl groups is 1. The van der Waals surface area contributed by atoms with Crippen LogP contribution in [0.2, 0.25) is 0 Å². The Kier molecular flexibility index (Phi) is 4.14. The zero-order chi connectivity index (χ0) is 12.0. The number of carbonyl (C=O) groups excluding carboxylic acids is 1. The normalized spacial score (nSPS) is 10.9. The number of nitrogens with one attached hydrogen (secondary N) is 1. The van der Waals surface area contributed by atoms with Crippen molar-refractivity contribution >= 4 is 11.7 Å². The minimum atomic E-state index is -0.451. The van der Waals surface area contributed by atoms with Gasteiger partial charge in [-0.3, -0.25) is 4.79 Å². The number of phenolic OH excluding ortho intramolecular Hbond substituents is 1. The zero-order valence-corrected chi connectivity index (χ0v) is 8.80. The molecule has 0 bridgehead atoms. The Morgan fingerprint density at radius 1 is 1.56 bits per heavy atom. The van der Waals surface area contributed by atoms with E-state index in [1.807, 2.05) is 0 Å². The Labute approximate surface area is 92.7 Å². The van der Waals surface area contributed by atoms with Crippen LogP contribution in [0.5, 0.6) is 11.5 Å². The molecule has 0 aliphatic heterocycles. The highest BCUT2D eigenvalue weighted by molar-refractivity contribution is 5.82. The molecular formula is C10H13N3O3. The lowest BCUT2D eigenvalue weighted by molar-refractivity contribution is -0.123. The second kappa shape index (κ2) is 5.59. The van der Waals surface area contributed by atoms with Crippen LogP contribution in [0.4, 0.5) is 0 Å². The number of phenols is 1. The van der Waals surface area contributed by atoms with Gasteiger partial charge in [0.15, 0.2) is 18.1 Å². The molecule has 0 fully saturated rings. The molecule has 4 N–H and O–H groups in total. The molecule has 0 heterocycles. The Bertz CT molecular complexity index is 400. The highest BCUT2D eigenvalue weighted by Gasteiger charge is 2.04. The molecule has 0 unspecified atom stereocenters. The number of amidine groups is 1. The number of nitrogens with zero attached hydrogens (tertiary/aromatic N) is 1. The summed E-state index contributed by atoms with van der Waals surface area (Å²) in [5.74, 6) is 0.0175. The Morgan fingerprint density at radius 2 is 2.25 bits per heavy atom. The molecule has 86 valence electrons. The first kappa shape index (κ1) is 11.8. The van der Waals surface area contributed by atoms with E-state index in [1.54, 1.807) is 25.1 Å². The number of para-hydroxylation sites is 2. The third-order valence-electron chi connectivity index (χ3n) is 1.58. The van der Waals surface area contributed by atoms with Gasteiger partial charge in [0.2, 0.25) is 0 Å². The van der Waals surface area contributed by atoms with Gasteiger partial charge in [-0.1, -0.05) is 12.1 Å². The number of hydrogen-bond acceptors (Lipinski definition) is 4. The van der Waals surface area contributed by atoms with Crippen molar-refractivity contribution in [3.05, 3.63) is 24.3 Å². The summed E-state index contributed by atoms with van der Waals surface area (Å²) in [6, 6.07) is 6.37. The van der Waals surface area contributed by atoms with Crippen LogP contribution in [0.15, 0.2) is 29.4 Å². The average molecular weight is 223 g/mol. The number of hydrogen-bond donors (Lipinski definition) is 3. The van der Waals surface area contributed by atoms with Crippen LogP contribution in [-0.4, -0.2) is 23.5 Å². The van der Waals surface area contributed by atoms with Crippen molar-refractivity contribution in [2.75, 3.05) is 6.61 Å². The molecule has 0 aliphatic rings. The van der Waals surface area contributed by atoms with Crippen molar-refractivity contribution in [1.82, 2.24) is 5.43 Å². The summed E-state index contributed by atoms with van der Waals surface area (Å²) in [4.78, 5) is 11.2. The van der Waals surface area contributed by atoms with Crippen molar-refractivity contribution in [1.29, 1.82) is 0 Å².